The Balaban J connectivity index is 1.46. The SMILES string of the molecule is CCCCCCCCN1C(=O)c2c(C)sc(-c3cc4c(s3)-c3sc(C)c(F)c3[Si]4(CCCCCCCC)CCCCCCCC)c2C1=O. The Morgan fingerprint density at radius 2 is 1.10 bits per heavy atom. The third-order valence-electron chi connectivity index (χ3n) is 10.8. The smallest absolute Gasteiger partial charge is 0.263 e. The molecule has 8 heteroatoms. The molecule has 0 spiro atoms. The van der Waals surface area contributed by atoms with Crippen molar-refractivity contribution >= 4 is 64.3 Å². The Bertz CT molecular complexity index is 1540. The standard InChI is InChI=1S/C40H58FNO2S3Si/c1-6-9-12-15-18-21-24-42-39(43)32-28(4)45-35(33(32)40(42)44)30-27-31-36(47-30)37-38(34(41)29(5)46-37)48(31,25-22-19-16-13-10-7-2)26-23-20-17-14-11-8-3/h27H,6-26H2,1-5H3. The molecule has 0 aromatic carbocycles. The number of rotatable bonds is 22. The lowest BCUT2D eigenvalue weighted by molar-refractivity contribution is 0.0651. The monoisotopic (exact) mass is 727 g/mol. The van der Waals surface area contributed by atoms with Gasteiger partial charge in [0.1, 0.15) is 13.9 Å². The number of imide groups is 1. The molecule has 3 nitrogen and oxygen atoms in total. The summed E-state index contributed by atoms with van der Waals surface area (Å²) in [7, 11) is -2.35. The van der Waals surface area contributed by atoms with Gasteiger partial charge < -0.3 is 0 Å². The molecule has 48 heavy (non-hydrogen) atoms. The molecule has 0 bridgehead atoms. The molecule has 0 unspecified atom stereocenters. The molecule has 0 saturated heterocycles. The third-order valence-corrected chi connectivity index (χ3v) is 20.1. The number of unbranched alkanes of at least 4 members (excludes halogenated alkanes) is 15. The zero-order valence-corrected chi connectivity index (χ0v) is 33.7. The second kappa shape index (κ2) is 17.5. The first-order chi connectivity index (χ1) is 23.3. The molecule has 0 aliphatic carbocycles. The van der Waals surface area contributed by atoms with E-state index in [1.165, 1.54) is 103 Å². The summed E-state index contributed by atoms with van der Waals surface area (Å²) in [6.07, 6.45) is 21.7. The van der Waals surface area contributed by atoms with Crippen LogP contribution in [0.4, 0.5) is 4.39 Å². The quantitative estimate of drug-likeness (QED) is 0.0587. The van der Waals surface area contributed by atoms with Crippen molar-refractivity contribution in [1.82, 2.24) is 4.90 Å². The molecular weight excluding hydrogens is 670 g/mol. The molecule has 3 aromatic heterocycles. The van der Waals surface area contributed by atoms with Crippen LogP contribution >= 0.6 is 34.0 Å². The Morgan fingerprint density at radius 1 is 0.604 bits per heavy atom. The molecule has 0 atom stereocenters. The van der Waals surface area contributed by atoms with E-state index in [-0.39, 0.29) is 17.6 Å². The molecule has 0 radical (unpaired) electrons. The van der Waals surface area contributed by atoms with Crippen molar-refractivity contribution in [3.8, 4) is 19.5 Å². The lowest BCUT2D eigenvalue weighted by atomic mass is 10.1. The van der Waals surface area contributed by atoms with E-state index in [0.29, 0.717) is 17.7 Å². The second-order valence-electron chi connectivity index (χ2n) is 14.4. The summed E-state index contributed by atoms with van der Waals surface area (Å²) in [6.45, 7) is 11.2. The predicted molar refractivity (Wildman–Crippen MR) is 211 cm³/mol. The van der Waals surface area contributed by atoms with E-state index in [9.17, 15) is 9.59 Å². The first kappa shape index (κ1) is 37.6. The number of carbonyl (C=O) groups is 2. The molecule has 2 amide bonds. The molecule has 2 aliphatic heterocycles. The maximum Gasteiger partial charge on any atom is 0.263 e. The van der Waals surface area contributed by atoms with E-state index in [2.05, 4.69) is 26.8 Å². The Labute approximate surface area is 302 Å². The van der Waals surface area contributed by atoms with Crippen molar-refractivity contribution in [2.75, 3.05) is 6.54 Å². The molecule has 0 fully saturated rings. The minimum absolute atomic E-state index is 0.0718. The Kier molecular flexibility index (Phi) is 13.8. The summed E-state index contributed by atoms with van der Waals surface area (Å²) >= 11 is 5.02. The number of nitrogens with zero attached hydrogens (tertiary/aromatic N) is 1. The summed E-state index contributed by atoms with van der Waals surface area (Å²) in [5.74, 6) is -0.152. The Hall–Kier alpha value is -1.61. The van der Waals surface area contributed by atoms with Gasteiger partial charge in [-0.3, -0.25) is 14.5 Å². The van der Waals surface area contributed by atoms with Gasteiger partial charge in [-0.05, 0) is 43.6 Å². The van der Waals surface area contributed by atoms with Gasteiger partial charge in [0, 0.05) is 36.1 Å². The number of halogens is 1. The van der Waals surface area contributed by atoms with Crippen molar-refractivity contribution in [2.24, 2.45) is 0 Å². The fourth-order valence-electron chi connectivity index (χ4n) is 8.13. The first-order valence-electron chi connectivity index (χ1n) is 19.2. The van der Waals surface area contributed by atoms with Crippen LogP contribution in [-0.4, -0.2) is 31.3 Å². The van der Waals surface area contributed by atoms with Gasteiger partial charge in [-0.15, -0.1) is 34.0 Å². The van der Waals surface area contributed by atoms with Gasteiger partial charge in [-0.25, -0.2) is 4.39 Å². The van der Waals surface area contributed by atoms with Gasteiger partial charge in [-0.1, -0.05) is 130 Å². The largest absolute Gasteiger partial charge is 0.274 e. The van der Waals surface area contributed by atoms with Crippen LogP contribution < -0.4 is 10.4 Å². The van der Waals surface area contributed by atoms with Gasteiger partial charge in [-0.2, -0.15) is 0 Å². The van der Waals surface area contributed by atoms with Gasteiger partial charge in [0.2, 0.25) is 0 Å². The van der Waals surface area contributed by atoms with Gasteiger partial charge in [0.15, 0.2) is 0 Å². The number of thiophene rings is 3. The topological polar surface area (TPSA) is 37.4 Å². The average molecular weight is 728 g/mol. The maximum atomic E-state index is 16.2. The molecule has 0 saturated carbocycles. The van der Waals surface area contributed by atoms with Crippen LogP contribution in [0.2, 0.25) is 12.1 Å². The third kappa shape index (κ3) is 7.67. The molecule has 0 N–H and O–H groups in total. The van der Waals surface area contributed by atoms with E-state index in [0.717, 1.165) is 68.9 Å². The Morgan fingerprint density at radius 3 is 1.69 bits per heavy atom. The van der Waals surface area contributed by atoms with E-state index in [1.54, 1.807) is 34.0 Å². The summed E-state index contributed by atoms with van der Waals surface area (Å²) in [6, 6.07) is 4.60. The molecule has 264 valence electrons. The number of carbonyl (C=O) groups excluding carboxylic acids is 2. The van der Waals surface area contributed by atoms with E-state index in [4.69, 9.17) is 0 Å². The van der Waals surface area contributed by atoms with Gasteiger partial charge >= 0.3 is 0 Å². The van der Waals surface area contributed by atoms with Gasteiger partial charge in [0.25, 0.3) is 11.8 Å². The number of aryl methyl sites for hydroxylation is 2. The van der Waals surface area contributed by atoms with Crippen molar-refractivity contribution in [2.45, 2.75) is 162 Å². The highest BCUT2D eigenvalue weighted by molar-refractivity contribution is 7.32. The van der Waals surface area contributed by atoms with Crippen LogP contribution in [0.1, 0.15) is 167 Å². The lowest BCUT2D eigenvalue weighted by Crippen LogP contribution is -2.55. The first-order valence-corrected chi connectivity index (χ1v) is 24.1. The zero-order chi connectivity index (χ0) is 34.3. The van der Waals surface area contributed by atoms with E-state index >= 15 is 4.39 Å². The minimum Gasteiger partial charge on any atom is -0.274 e. The van der Waals surface area contributed by atoms with Crippen LogP contribution in [0.5, 0.6) is 0 Å². The average Bonchev–Trinajstić information content (AvgIpc) is 3.84. The minimum atomic E-state index is -2.35. The fourth-order valence-corrected chi connectivity index (χ4v) is 18.8. The lowest BCUT2D eigenvalue weighted by Gasteiger charge is -2.29. The van der Waals surface area contributed by atoms with Gasteiger partial charge in [0.05, 0.1) is 16.0 Å². The highest BCUT2D eigenvalue weighted by atomic mass is 32.1. The molecular formula is C40H58FNO2S3Si. The van der Waals surface area contributed by atoms with Crippen LogP contribution in [0.25, 0.3) is 19.5 Å². The zero-order valence-electron chi connectivity index (χ0n) is 30.3. The summed E-state index contributed by atoms with van der Waals surface area (Å²) < 4.78 is 16.2. The van der Waals surface area contributed by atoms with Crippen molar-refractivity contribution < 1.29 is 14.0 Å². The normalized spacial score (nSPS) is 14.8. The molecule has 5 rings (SSSR count). The fraction of sp³-hybridized carbons (Fsp3) is 0.650. The summed E-state index contributed by atoms with van der Waals surface area (Å²) in [4.78, 5) is 35.3. The van der Waals surface area contributed by atoms with Crippen molar-refractivity contribution in [3.05, 3.63) is 32.8 Å². The van der Waals surface area contributed by atoms with Crippen LogP contribution in [0.3, 0.4) is 0 Å². The second-order valence-corrected chi connectivity index (χ2v) is 22.1. The highest BCUT2D eigenvalue weighted by Crippen LogP contribution is 2.49. The number of fused-ring (bicyclic) bond motifs is 4. The number of amides is 2. The molecule has 5 heterocycles. The molecule has 3 aromatic rings. The summed E-state index contributed by atoms with van der Waals surface area (Å²) in [5, 5.41) is 2.52. The van der Waals surface area contributed by atoms with Crippen LogP contribution in [0, 0.1) is 19.7 Å². The summed E-state index contributed by atoms with van der Waals surface area (Å²) in [5.41, 5.74) is 1.25. The van der Waals surface area contributed by atoms with Crippen LogP contribution in [-0.2, 0) is 0 Å². The predicted octanol–water partition coefficient (Wildman–Crippen LogP) is 12.5. The van der Waals surface area contributed by atoms with Crippen molar-refractivity contribution in [3.63, 3.8) is 0 Å². The number of hydrogen-bond acceptors (Lipinski definition) is 5. The van der Waals surface area contributed by atoms with Crippen LogP contribution in [0.15, 0.2) is 6.07 Å². The van der Waals surface area contributed by atoms with E-state index in [1.807, 2.05) is 13.8 Å². The highest BCUT2D eigenvalue weighted by Gasteiger charge is 2.50. The number of hydrogen-bond donors (Lipinski definition) is 0. The maximum absolute atomic E-state index is 16.2. The molecule has 2 aliphatic rings. The van der Waals surface area contributed by atoms with E-state index < -0.39 is 8.07 Å². The van der Waals surface area contributed by atoms with Crippen molar-refractivity contribution in [1.29, 1.82) is 0 Å².